The number of nitrogens with two attached hydrogens (primary N) is 1. The van der Waals surface area contributed by atoms with Crippen LogP contribution in [0.3, 0.4) is 0 Å². The van der Waals surface area contributed by atoms with Crippen LogP contribution in [0, 0.1) is 0 Å². The highest BCUT2D eigenvalue weighted by atomic mass is 32.1. The number of aryl methyl sites for hydroxylation is 1. The summed E-state index contributed by atoms with van der Waals surface area (Å²) in [7, 11) is 0. The topological polar surface area (TPSA) is 51.8 Å². The van der Waals surface area contributed by atoms with Crippen LogP contribution in [0.5, 0.6) is 0 Å². The summed E-state index contributed by atoms with van der Waals surface area (Å²) < 4.78 is 0. The van der Waals surface area contributed by atoms with Crippen molar-refractivity contribution < 1.29 is 0 Å². The molecule has 0 aromatic carbocycles. The molecule has 0 saturated carbocycles. The van der Waals surface area contributed by atoms with E-state index in [0.29, 0.717) is 5.13 Å². The van der Waals surface area contributed by atoms with E-state index in [1.165, 1.54) is 16.2 Å². The van der Waals surface area contributed by atoms with Crippen molar-refractivity contribution in [3.05, 3.63) is 17.0 Å². The molecular weight excluding hydrogens is 202 g/mol. The highest BCUT2D eigenvalue weighted by molar-refractivity contribution is 7.23. The first-order valence-electron chi connectivity index (χ1n) is 3.97. The van der Waals surface area contributed by atoms with E-state index < -0.39 is 0 Å². The molecule has 0 unspecified atom stereocenters. The fourth-order valence-corrected chi connectivity index (χ4v) is 2.62. The van der Waals surface area contributed by atoms with Crippen LogP contribution >= 0.6 is 22.7 Å². The SMILES string of the molecule is CCc1ccc(-c2nnc(N)s2)s1. The van der Waals surface area contributed by atoms with Crippen molar-refractivity contribution >= 4 is 27.8 Å². The molecule has 3 nitrogen and oxygen atoms in total. The molecule has 13 heavy (non-hydrogen) atoms. The molecule has 0 spiro atoms. The molecule has 0 saturated heterocycles. The van der Waals surface area contributed by atoms with Crippen molar-refractivity contribution in [2.75, 3.05) is 5.73 Å². The van der Waals surface area contributed by atoms with Gasteiger partial charge < -0.3 is 5.73 Å². The summed E-state index contributed by atoms with van der Waals surface area (Å²) in [5.41, 5.74) is 5.50. The fourth-order valence-electron chi connectivity index (χ4n) is 1.02. The lowest BCUT2D eigenvalue weighted by molar-refractivity contribution is 1.11. The Morgan fingerprint density at radius 1 is 1.31 bits per heavy atom. The molecule has 2 rings (SSSR count). The Balaban J connectivity index is 2.35. The molecule has 2 aromatic heterocycles. The third kappa shape index (κ3) is 1.71. The van der Waals surface area contributed by atoms with Crippen LogP contribution in [0.1, 0.15) is 11.8 Å². The summed E-state index contributed by atoms with van der Waals surface area (Å²) >= 11 is 3.18. The van der Waals surface area contributed by atoms with Gasteiger partial charge in [-0.15, -0.1) is 21.5 Å². The molecule has 0 aliphatic heterocycles. The van der Waals surface area contributed by atoms with Crippen molar-refractivity contribution in [2.24, 2.45) is 0 Å². The normalized spacial score (nSPS) is 10.5. The molecule has 0 amide bonds. The lowest BCUT2D eigenvalue weighted by atomic mass is 10.4. The number of nitrogens with zero attached hydrogens (tertiary/aromatic N) is 2. The van der Waals surface area contributed by atoms with Crippen molar-refractivity contribution in [1.82, 2.24) is 10.2 Å². The van der Waals surface area contributed by atoms with Gasteiger partial charge in [0.05, 0.1) is 4.88 Å². The van der Waals surface area contributed by atoms with Crippen molar-refractivity contribution in [1.29, 1.82) is 0 Å². The van der Waals surface area contributed by atoms with Gasteiger partial charge in [-0.05, 0) is 18.6 Å². The maximum absolute atomic E-state index is 5.50. The Morgan fingerprint density at radius 2 is 2.15 bits per heavy atom. The summed E-state index contributed by atoms with van der Waals surface area (Å²) in [6, 6.07) is 4.20. The highest BCUT2D eigenvalue weighted by Crippen LogP contribution is 2.31. The first-order chi connectivity index (χ1) is 6.29. The van der Waals surface area contributed by atoms with Crippen LogP contribution in [-0.2, 0) is 6.42 Å². The number of anilines is 1. The second-order valence-corrected chi connectivity index (χ2v) is 4.74. The number of hydrogen-bond donors (Lipinski definition) is 1. The lowest BCUT2D eigenvalue weighted by Gasteiger charge is -1.85. The molecule has 0 bridgehead atoms. The van der Waals surface area contributed by atoms with E-state index in [-0.39, 0.29) is 0 Å². The van der Waals surface area contributed by atoms with E-state index in [2.05, 4.69) is 29.3 Å². The minimum absolute atomic E-state index is 0.529. The van der Waals surface area contributed by atoms with Gasteiger partial charge >= 0.3 is 0 Å². The van der Waals surface area contributed by atoms with Crippen LogP contribution in [0.4, 0.5) is 5.13 Å². The van der Waals surface area contributed by atoms with Crippen LogP contribution in [0.25, 0.3) is 9.88 Å². The number of hydrogen-bond acceptors (Lipinski definition) is 5. The quantitative estimate of drug-likeness (QED) is 0.830. The zero-order chi connectivity index (χ0) is 9.26. The Morgan fingerprint density at radius 3 is 2.69 bits per heavy atom. The molecule has 0 fully saturated rings. The first-order valence-corrected chi connectivity index (χ1v) is 5.61. The van der Waals surface area contributed by atoms with E-state index in [1.807, 2.05) is 0 Å². The Labute approximate surface area is 84.2 Å². The molecule has 0 radical (unpaired) electrons. The Kier molecular flexibility index (Phi) is 2.28. The molecule has 68 valence electrons. The molecule has 2 aromatic rings. The second-order valence-electron chi connectivity index (χ2n) is 2.56. The van der Waals surface area contributed by atoms with E-state index in [4.69, 9.17) is 5.73 Å². The molecule has 5 heteroatoms. The maximum Gasteiger partial charge on any atom is 0.203 e. The summed E-state index contributed by atoms with van der Waals surface area (Å²) in [4.78, 5) is 2.52. The van der Waals surface area contributed by atoms with E-state index in [1.54, 1.807) is 11.3 Å². The lowest BCUT2D eigenvalue weighted by Crippen LogP contribution is -1.79. The smallest absolute Gasteiger partial charge is 0.203 e. The van der Waals surface area contributed by atoms with Gasteiger partial charge in [-0.2, -0.15) is 0 Å². The number of thiophene rings is 1. The molecule has 2 N–H and O–H groups in total. The van der Waals surface area contributed by atoms with Gasteiger partial charge in [-0.1, -0.05) is 18.3 Å². The predicted molar refractivity (Wildman–Crippen MR) is 57.0 cm³/mol. The average Bonchev–Trinajstić information content (AvgIpc) is 2.71. The second kappa shape index (κ2) is 3.43. The van der Waals surface area contributed by atoms with Crippen molar-refractivity contribution in [3.63, 3.8) is 0 Å². The van der Waals surface area contributed by atoms with Gasteiger partial charge in [0.2, 0.25) is 5.13 Å². The Hall–Kier alpha value is -0.940. The first kappa shape index (κ1) is 8.65. The zero-order valence-corrected chi connectivity index (χ0v) is 8.78. The van der Waals surface area contributed by atoms with Crippen LogP contribution in [0.2, 0.25) is 0 Å². The number of rotatable bonds is 2. The van der Waals surface area contributed by atoms with E-state index in [9.17, 15) is 0 Å². The molecule has 0 aliphatic rings. The Bertz CT molecular complexity index is 405. The van der Waals surface area contributed by atoms with Gasteiger partial charge in [-0.3, -0.25) is 0 Å². The predicted octanol–water partition coefficient (Wildman–Crippen LogP) is 2.41. The van der Waals surface area contributed by atoms with Crippen molar-refractivity contribution in [2.45, 2.75) is 13.3 Å². The van der Waals surface area contributed by atoms with Crippen LogP contribution in [0.15, 0.2) is 12.1 Å². The standard InChI is InChI=1S/C8H9N3S2/c1-2-5-3-4-6(12-5)7-10-11-8(9)13-7/h3-4H,2H2,1H3,(H2,9,11). The van der Waals surface area contributed by atoms with Crippen molar-refractivity contribution in [3.8, 4) is 9.88 Å². The molecular formula is C8H9N3S2. The summed E-state index contributed by atoms with van der Waals surface area (Å²) in [6.45, 7) is 2.14. The minimum Gasteiger partial charge on any atom is -0.374 e. The molecule has 2 heterocycles. The van der Waals surface area contributed by atoms with Crippen LogP contribution < -0.4 is 5.73 Å². The largest absolute Gasteiger partial charge is 0.374 e. The monoisotopic (exact) mass is 211 g/mol. The molecule has 0 atom stereocenters. The van der Waals surface area contributed by atoms with Gasteiger partial charge in [0, 0.05) is 4.88 Å². The zero-order valence-electron chi connectivity index (χ0n) is 7.15. The summed E-state index contributed by atoms with van der Waals surface area (Å²) in [6.07, 6.45) is 1.07. The van der Waals surface area contributed by atoms with Crippen LogP contribution in [-0.4, -0.2) is 10.2 Å². The van der Waals surface area contributed by atoms with Gasteiger partial charge in [0.15, 0.2) is 5.01 Å². The molecule has 0 aliphatic carbocycles. The van der Waals surface area contributed by atoms with Gasteiger partial charge in [-0.25, -0.2) is 0 Å². The maximum atomic E-state index is 5.50. The van der Waals surface area contributed by atoms with Gasteiger partial charge in [0.1, 0.15) is 0 Å². The summed E-state index contributed by atoms with van der Waals surface area (Å²) in [5.74, 6) is 0. The minimum atomic E-state index is 0.529. The third-order valence-corrected chi connectivity index (χ3v) is 3.81. The third-order valence-electron chi connectivity index (χ3n) is 1.66. The van der Waals surface area contributed by atoms with E-state index >= 15 is 0 Å². The van der Waals surface area contributed by atoms with E-state index in [0.717, 1.165) is 16.3 Å². The average molecular weight is 211 g/mol. The number of nitrogen functional groups attached to an aromatic ring is 1. The number of aromatic nitrogens is 2. The van der Waals surface area contributed by atoms with Gasteiger partial charge in [0.25, 0.3) is 0 Å². The highest BCUT2D eigenvalue weighted by Gasteiger charge is 2.06. The summed E-state index contributed by atoms with van der Waals surface area (Å²) in [5, 5.41) is 9.22. The fraction of sp³-hybridized carbons (Fsp3) is 0.250.